The van der Waals surface area contributed by atoms with Gasteiger partial charge in [-0.15, -0.1) is 0 Å². The summed E-state index contributed by atoms with van der Waals surface area (Å²) in [5.41, 5.74) is 0. The first kappa shape index (κ1) is 12.0. The molecule has 0 aromatic rings. The quantitative estimate of drug-likeness (QED) is 0.836. The Labute approximate surface area is 104 Å². The summed E-state index contributed by atoms with van der Waals surface area (Å²) in [6.45, 7) is 0. The molecule has 2 aliphatic carbocycles. The van der Waals surface area contributed by atoms with Gasteiger partial charge in [-0.05, 0) is 55.8 Å². The number of hydrogen-bond acceptors (Lipinski definition) is 3. The van der Waals surface area contributed by atoms with Crippen LogP contribution in [0.2, 0.25) is 0 Å². The Kier molecular flexibility index (Phi) is 2.98. The highest BCUT2D eigenvalue weighted by Gasteiger charge is 2.43. The van der Waals surface area contributed by atoms with Gasteiger partial charge in [0.1, 0.15) is 0 Å². The molecule has 1 heterocycles. The molecule has 98 valence electrons. The summed E-state index contributed by atoms with van der Waals surface area (Å²) in [7, 11) is -2.79. The van der Waals surface area contributed by atoms with Gasteiger partial charge in [0.2, 0.25) is 0 Å². The normalized spacial score (nSPS) is 45.2. The first-order valence-corrected chi connectivity index (χ1v) is 8.74. The van der Waals surface area contributed by atoms with E-state index in [9.17, 15) is 13.5 Å². The topological polar surface area (TPSA) is 54.4 Å². The lowest BCUT2D eigenvalue weighted by Crippen LogP contribution is -2.28. The van der Waals surface area contributed by atoms with Gasteiger partial charge in [-0.3, -0.25) is 0 Å². The summed E-state index contributed by atoms with van der Waals surface area (Å²) in [6, 6.07) is 0. The fraction of sp³-hybridized carbons (Fsp3) is 1.00. The zero-order valence-corrected chi connectivity index (χ0v) is 11.0. The molecule has 0 aromatic heterocycles. The molecule has 2 saturated carbocycles. The molecular weight excluding hydrogens is 236 g/mol. The van der Waals surface area contributed by atoms with Crippen LogP contribution in [0, 0.1) is 23.7 Å². The summed E-state index contributed by atoms with van der Waals surface area (Å²) in [5.74, 6) is 2.91. The number of rotatable bonds is 3. The van der Waals surface area contributed by atoms with Crippen molar-refractivity contribution < 1.29 is 13.5 Å². The van der Waals surface area contributed by atoms with E-state index in [1.807, 2.05) is 0 Å². The van der Waals surface area contributed by atoms with E-state index in [2.05, 4.69) is 0 Å². The minimum Gasteiger partial charge on any atom is -0.393 e. The van der Waals surface area contributed by atoms with Crippen molar-refractivity contribution in [1.29, 1.82) is 0 Å². The molecule has 4 heteroatoms. The lowest BCUT2D eigenvalue weighted by Gasteiger charge is -2.28. The van der Waals surface area contributed by atoms with Gasteiger partial charge in [-0.2, -0.15) is 0 Å². The van der Waals surface area contributed by atoms with Crippen molar-refractivity contribution in [1.82, 2.24) is 0 Å². The van der Waals surface area contributed by atoms with Crippen LogP contribution in [-0.2, 0) is 9.84 Å². The number of aliphatic hydroxyl groups excluding tert-OH is 1. The van der Waals surface area contributed by atoms with Crippen molar-refractivity contribution in [3.8, 4) is 0 Å². The van der Waals surface area contributed by atoms with E-state index in [-0.39, 0.29) is 12.0 Å². The maximum atomic E-state index is 11.4. The SMILES string of the molecule is O=S1(=O)CCC(CC(O)C2CC3CCC2C3)C1. The second-order valence-electron chi connectivity index (χ2n) is 6.41. The van der Waals surface area contributed by atoms with Crippen LogP contribution >= 0.6 is 0 Å². The molecule has 1 N–H and O–H groups in total. The molecule has 17 heavy (non-hydrogen) atoms. The van der Waals surface area contributed by atoms with Crippen LogP contribution in [0.25, 0.3) is 0 Å². The molecule has 3 nitrogen and oxygen atoms in total. The van der Waals surface area contributed by atoms with Gasteiger partial charge in [0, 0.05) is 0 Å². The van der Waals surface area contributed by atoms with Crippen molar-refractivity contribution in [2.45, 2.75) is 44.6 Å². The van der Waals surface area contributed by atoms with Crippen LogP contribution in [0.1, 0.15) is 38.5 Å². The first-order chi connectivity index (χ1) is 8.03. The van der Waals surface area contributed by atoms with E-state index in [4.69, 9.17) is 0 Å². The van der Waals surface area contributed by atoms with E-state index in [1.165, 1.54) is 25.7 Å². The highest BCUT2D eigenvalue weighted by molar-refractivity contribution is 7.91. The highest BCUT2D eigenvalue weighted by Crippen LogP contribution is 2.50. The summed E-state index contributed by atoms with van der Waals surface area (Å²) >= 11 is 0. The van der Waals surface area contributed by atoms with Gasteiger partial charge < -0.3 is 5.11 Å². The first-order valence-electron chi connectivity index (χ1n) is 6.92. The fourth-order valence-corrected chi connectivity index (χ4v) is 6.22. The van der Waals surface area contributed by atoms with Crippen LogP contribution in [0.15, 0.2) is 0 Å². The molecule has 0 aromatic carbocycles. The van der Waals surface area contributed by atoms with Crippen molar-refractivity contribution in [2.24, 2.45) is 23.7 Å². The standard InChI is InChI=1S/C13H22O3S/c14-13(7-10-3-4-17(15,16)8-10)12-6-9-1-2-11(12)5-9/h9-14H,1-8H2. The van der Waals surface area contributed by atoms with Crippen LogP contribution in [0.3, 0.4) is 0 Å². The predicted molar refractivity (Wildman–Crippen MR) is 66.3 cm³/mol. The van der Waals surface area contributed by atoms with E-state index in [0.29, 0.717) is 23.8 Å². The van der Waals surface area contributed by atoms with Gasteiger partial charge in [0.25, 0.3) is 0 Å². The zero-order valence-electron chi connectivity index (χ0n) is 10.2. The zero-order chi connectivity index (χ0) is 12.0. The second kappa shape index (κ2) is 4.23. The maximum absolute atomic E-state index is 11.4. The lowest BCUT2D eigenvalue weighted by atomic mass is 9.81. The molecule has 5 unspecified atom stereocenters. The largest absolute Gasteiger partial charge is 0.393 e. The molecule has 3 rings (SSSR count). The average molecular weight is 258 g/mol. The second-order valence-corrected chi connectivity index (χ2v) is 8.64. The molecule has 5 atom stereocenters. The van der Waals surface area contributed by atoms with Crippen LogP contribution in [-0.4, -0.2) is 31.1 Å². The van der Waals surface area contributed by atoms with E-state index in [1.54, 1.807) is 0 Å². The maximum Gasteiger partial charge on any atom is 0.150 e. The van der Waals surface area contributed by atoms with Crippen molar-refractivity contribution in [3.63, 3.8) is 0 Å². The number of fused-ring (bicyclic) bond motifs is 2. The van der Waals surface area contributed by atoms with Gasteiger partial charge in [0.05, 0.1) is 17.6 Å². The average Bonchev–Trinajstić information content (AvgIpc) is 2.93. The van der Waals surface area contributed by atoms with Crippen LogP contribution in [0.5, 0.6) is 0 Å². The summed E-state index contributed by atoms with van der Waals surface area (Å²) in [4.78, 5) is 0. The fourth-order valence-electron chi connectivity index (χ4n) is 4.34. The minimum absolute atomic E-state index is 0.217. The Balaban J connectivity index is 1.56. The molecule has 0 amide bonds. The van der Waals surface area contributed by atoms with Crippen molar-refractivity contribution in [3.05, 3.63) is 0 Å². The highest BCUT2D eigenvalue weighted by atomic mass is 32.2. The molecule has 3 fully saturated rings. The summed E-state index contributed by atoms with van der Waals surface area (Å²) in [6.07, 6.45) is 6.37. The smallest absolute Gasteiger partial charge is 0.150 e. The van der Waals surface area contributed by atoms with Gasteiger partial charge >= 0.3 is 0 Å². The van der Waals surface area contributed by atoms with E-state index in [0.717, 1.165) is 18.3 Å². The third kappa shape index (κ3) is 2.39. The van der Waals surface area contributed by atoms with Gasteiger partial charge in [-0.1, -0.05) is 6.42 Å². The Morgan fingerprint density at radius 2 is 2.00 bits per heavy atom. The Bertz CT molecular complexity index is 389. The lowest BCUT2D eigenvalue weighted by molar-refractivity contribution is 0.0561. The molecule has 2 bridgehead atoms. The molecule has 0 radical (unpaired) electrons. The third-order valence-electron chi connectivity index (χ3n) is 5.19. The number of sulfone groups is 1. The van der Waals surface area contributed by atoms with Crippen LogP contribution in [0.4, 0.5) is 0 Å². The van der Waals surface area contributed by atoms with Crippen molar-refractivity contribution in [2.75, 3.05) is 11.5 Å². The Morgan fingerprint density at radius 1 is 1.18 bits per heavy atom. The van der Waals surface area contributed by atoms with Crippen molar-refractivity contribution >= 4 is 9.84 Å². The summed E-state index contributed by atoms with van der Waals surface area (Å²) < 4.78 is 22.8. The molecule has 0 spiro atoms. The minimum atomic E-state index is -2.79. The molecule has 3 aliphatic rings. The number of hydrogen-bond donors (Lipinski definition) is 1. The van der Waals surface area contributed by atoms with E-state index >= 15 is 0 Å². The van der Waals surface area contributed by atoms with E-state index < -0.39 is 9.84 Å². The Morgan fingerprint density at radius 3 is 2.53 bits per heavy atom. The number of aliphatic hydroxyl groups is 1. The molecule has 1 aliphatic heterocycles. The third-order valence-corrected chi connectivity index (χ3v) is 7.03. The monoisotopic (exact) mass is 258 g/mol. The van der Waals surface area contributed by atoms with Gasteiger partial charge in [0.15, 0.2) is 9.84 Å². The Hall–Kier alpha value is -0.0900. The molecular formula is C13H22O3S. The summed E-state index contributed by atoms with van der Waals surface area (Å²) in [5, 5.41) is 10.3. The predicted octanol–water partition coefficient (Wildman–Crippen LogP) is 1.61. The molecule has 1 saturated heterocycles. The van der Waals surface area contributed by atoms with Crippen LogP contribution < -0.4 is 0 Å². The van der Waals surface area contributed by atoms with Gasteiger partial charge in [-0.25, -0.2) is 8.42 Å².